The molecule has 1 N–H and O–H groups in total. The van der Waals surface area contributed by atoms with E-state index >= 15 is 0 Å². The van der Waals surface area contributed by atoms with Crippen molar-refractivity contribution >= 4 is 22.8 Å². The van der Waals surface area contributed by atoms with Gasteiger partial charge in [-0.05, 0) is 43.2 Å². The second kappa shape index (κ2) is 10.1. The second-order valence-electron chi connectivity index (χ2n) is 8.56. The number of carbonyl (C=O) groups excluding carboxylic acids is 2. The van der Waals surface area contributed by atoms with E-state index in [1.165, 1.54) is 0 Å². The number of ether oxygens (including phenoxy) is 1. The summed E-state index contributed by atoms with van der Waals surface area (Å²) >= 11 is 0. The molecule has 1 aliphatic heterocycles. The summed E-state index contributed by atoms with van der Waals surface area (Å²) in [7, 11) is 1.63. The van der Waals surface area contributed by atoms with E-state index in [0.29, 0.717) is 19.6 Å². The average molecular weight is 449 g/mol. The molecule has 33 heavy (non-hydrogen) atoms. The van der Waals surface area contributed by atoms with Crippen molar-refractivity contribution in [1.29, 1.82) is 0 Å². The van der Waals surface area contributed by atoms with Gasteiger partial charge in [-0.2, -0.15) is 0 Å². The first-order chi connectivity index (χ1) is 16.0. The van der Waals surface area contributed by atoms with Crippen LogP contribution in [0.3, 0.4) is 0 Å². The van der Waals surface area contributed by atoms with Crippen LogP contribution in [0, 0.1) is 12.8 Å². The van der Waals surface area contributed by atoms with Gasteiger partial charge < -0.3 is 19.5 Å². The minimum Gasteiger partial charge on any atom is -0.497 e. The highest BCUT2D eigenvalue weighted by Gasteiger charge is 2.44. The lowest BCUT2D eigenvalue weighted by Gasteiger charge is -2.28. The Hall–Kier alpha value is -3.35. The Bertz CT molecular complexity index is 1120. The quantitative estimate of drug-likeness (QED) is 0.539. The molecule has 7 heteroatoms. The molecule has 1 fully saturated rings. The maximum atomic E-state index is 13.3. The lowest BCUT2D eigenvalue weighted by atomic mass is 9.92. The third kappa shape index (κ3) is 4.72. The molecule has 1 aliphatic rings. The molecule has 4 rings (SSSR count). The first-order valence-electron chi connectivity index (χ1n) is 11.7. The van der Waals surface area contributed by atoms with Crippen LogP contribution in [0.1, 0.15) is 43.6 Å². The van der Waals surface area contributed by atoms with Gasteiger partial charge in [-0.25, -0.2) is 4.98 Å². The molecule has 2 unspecified atom stereocenters. The van der Waals surface area contributed by atoms with Crippen molar-refractivity contribution < 1.29 is 14.3 Å². The third-order valence-electron chi connectivity index (χ3n) is 6.46. The zero-order valence-corrected chi connectivity index (χ0v) is 19.6. The zero-order chi connectivity index (χ0) is 23.4. The van der Waals surface area contributed by atoms with Gasteiger partial charge >= 0.3 is 0 Å². The molecule has 1 aromatic heterocycles. The van der Waals surface area contributed by atoms with Crippen LogP contribution in [0.2, 0.25) is 0 Å². The molecule has 2 aromatic carbocycles. The van der Waals surface area contributed by atoms with Crippen LogP contribution in [0.15, 0.2) is 48.5 Å². The number of methoxy groups -OCH3 is 1. The summed E-state index contributed by atoms with van der Waals surface area (Å²) in [5, 5.41) is 3.08. The highest BCUT2D eigenvalue weighted by Crippen LogP contribution is 2.39. The van der Waals surface area contributed by atoms with Crippen LogP contribution in [-0.2, 0) is 16.1 Å². The van der Waals surface area contributed by atoms with Crippen molar-refractivity contribution in [3.8, 4) is 5.75 Å². The predicted molar refractivity (Wildman–Crippen MR) is 128 cm³/mol. The van der Waals surface area contributed by atoms with Gasteiger partial charge in [0.05, 0.1) is 30.1 Å². The van der Waals surface area contributed by atoms with Crippen molar-refractivity contribution in [2.24, 2.45) is 5.92 Å². The highest BCUT2D eigenvalue weighted by molar-refractivity contribution is 5.90. The maximum absolute atomic E-state index is 13.3. The molecular formula is C26H32N4O3. The number of imidazole rings is 1. The first kappa shape index (κ1) is 22.8. The largest absolute Gasteiger partial charge is 0.497 e. The Kier molecular flexibility index (Phi) is 6.96. The minimum absolute atomic E-state index is 0.0425. The van der Waals surface area contributed by atoms with Gasteiger partial charge in [-0.1, -0.05) is 37.6 Å². The molecule has 2 atom stereocenters. The van der Waals surface area contributed by atoms with Gasteiger partial charge in [0.2, 0.25) is 11.8 Å². The molecule has 2 heterocycles. The summed E-state index contributed by atoms with van der Waals surface area (Å²) in [6.45, 7) is 5.86. The fourth-order valence-electron chi connectivity index (χ4n) is 4.73. The summed E-state index contributed by atoms with van der Waals surface area (Å²) in [5.74, 6) is 1.23. The third-order valence-corrected chi connectivity index (χ3v) is 6.46. The number of carbonyl (C=O) groups is 2. The van der Waals surface area contributed by atoms with Crippen molar-refractivity contribution in [1.82, 2.24) is 19.8 Å². The molecule has 1 saturated heterocycles. The molecule has 3 aromatic rings. The van der Waals surface area contributed by atoms with E-state index in [9.17, 15) is 9.59 Å². The van der Waals surface area contributed by atoms with Crippen LogP contribution in [0.5, 0.6) is 5.75 Å². The van der Waals surface area contributed by atoms with E-state index in [4.69, 9.17) is 4.74 Å². The summed E-state index contributed by atoms with van der Waals surface area (Å²) in [4.78, 5) is 32.6. The number of benzene rings is 2. The average Bonchev–Trinajstić information content (AvgIpc) is 3.33. The van der Waals surface area contributed by atoms with Gasteiger partial charge in [0.1, 0.15) is 11.6 Å². The van der Waals surface area contributed by atoms with Crippen LogP contribution in [0.4, 0.5) is 0 Å². The number of nitrogens with one attached hydrogen (secondary N) is 1. The van der Waals surface area contributed by atoms with Crippen LogP contribution < -0.4 is 10.1 Å². The Morgan fingerprint density at radius 2 is 1.91 bits per heavy atom. The van der Waals surface area contributed by atoms with Crippen molar-refractivity contribution in [2.75, 3.05) is 20.2 Å². The van der Waals surface area contributed by atoms with E-state index in [-0.39, 0.29) is 24.3 Å². The number of unbranched alkanes of at least 4 members (excludes halogenated alkanes) is 1. The normalized spacial score (nSPS) is 18.2. The molecule has 174 valence electrons. The maximum Gasteiger partial charge on any atom is 0.226 e. The van der Waals surface area contributed by atoms with Crippen molar-refractivity contribution in [2.45, 2.75) is 45.7 Å². The molecule has 0 aliphatic carbocycles. The van der Waals surface area contributed by atoms with E-state index in [0.717, 1.165) is 41.0 Å². The molecule has 0 radical (unpaired) electrons. The number of para-hydroxylation sites is 2. The van der Waals surface area contributed by atoms with E-state index in [1.54, 1.807) is 7.11 Å². The van der Waals surface area contributed by atoms with Gasteiger partial charge in [0, 0.05) is 26.1 Å². The minimum atomic E-state index is -0.414. The number of hydrogen-bond acceptors (Lipinski definition) is 4. The lowest BCUT2D eigenvalue weighted by molar-refractivity contribution is -0.129. The Morgan fingerprint density at radius 1 is 1.15 bits per heavy atom. The van der Waals surface area contributed by atoms with Crippen LogP contribution in [-0.4, -0.2) is 46.5 Å². The molecule has 2 amide bonds. The molecule has 7 nitrogen and oxygen atoms in total. The van der Waals surface area contributed by atoms with Gasteiger partial charge in [0.25, 0.3) is 0 Å². The standard InChI is InChI=1S/C26H32N4O3/c1-4-5-15-30-24(31)17-21(25(30)19-10-12-20(33-3)13-11-19)26(32)27-14-16-29-18(2)28-22-8-6-7-9-23(22)29/h6-13,21,25H,4-5,14-17H2,1-3H3,(H,27,32). The number of nitrogens with zero attached hydrogens (tertiary/aromatic N) is 3. The lowest BCUT2D eigenvalue weighted by Crippen LogP contribution is -2.37. The number of aromatic nitrogens is 2. The highest BCUT2D eigenvalue weighted by atomic mass is 16.5. The summed E-state index contributed by atoms with van der Waals surface area (Å²) in [5.41, 5.74) is 2.98. The van der Waals surface area contributed by atoms with E-state index in [2.05, 4.69) is 21.8 Å². The number of hydrogen-bond donors (Lipinski definition) is 1. The van der Waals surface area contributed by atoms with Crippen molar-refractivity contribution in [3.63, 3.8) is 0 Å². The molecule has 0 spiro atoms. The Balaban J connectivity index is 1.49. The van der Waals surface area contributed by atoms with Gasteiger partial charge in [0.15, 0.2) is 0 Å². The number of rotatable bonds is 9. The molecular weight excluding hydrogens is 416 g/mol. The van der Waals surface area contributed by atoms with Crippen LogP contribution in [0.25, 0.3) is 11.0 Å². The second-order valence-corrected chi connectivity index (χ2v) is 8.56. The Labute approximate surface area is 194 Å². The van der Waals surface area contributed by atoms with Gasteiger partial charge in [-0.15, -0.1) is 0 Å². The number of aryl methyl sites for hydroxylation is 1. The SMILES string of the molecule is CCCCN1C(=O)CC(C(=O)NCCn2c(C)nc3ccccc32)C1c1ccc(OC)cc1. The van der Waals surface area contributed by atoms with Crippen molar-refractivity contribution in [3.05, 3.63) is 59.9 Å². The van der Waals surface area contributed by atoms with E-state index in [1.807, 2.05) is 60.4 Å². The number of fused-ring (bicyclic) bond motifs is 1. The topological polar surface area (TPSA) is 76.5 Å². The summed E-state index contributed by atoms with van der Waals surface area (Å²) < 4.78 is 7.40. The zero-order valence-electron chi connectivity index (χ0n) is 19.6. The monoisotopic (exact) mass is 448 g/mol. The molecule has 0 bridgehead atoms. The summed E-state index contributed by atoms with van der Waals surface area (Å²) in [6.07, 6.45) is 2.15. The number of likely N-dealkylation sites (tertiary alicyclic amines) is 1. The molecule has 0 saturated carbocycles. The fraction of sp³-hybridized carbons (Fsp3) is 0.423. The smallest absolute Gasteiger partial charge is 0.226 e. The predicted octanol–water partition coefficient (Wildman–Crippen LogP) is 3.86. The first-order valence-corrected chi connectivity index (χ1v) is 11.7. The number of amides is 2. The Morgan fingerprint density at radius 3 is 2.64 bits per heavy atom. The van der Waals surface area contributed by atoms with E-state index < -0.39 is 5.92 Å². The van der Waals surface area contributed by atoms with Crippen LogP contribution >= 0.6 is 0 Å². The van der Waals surface area contributed by atoms with Gasteiger partial charge in [-0.3, -0.25) is 9.59 Å². The summed E-state index contributed by atoms with van der Waals surface area (Å²) in [6, 6.07) is 15.4. The fourth-order valence-corrected chi connectivity index (χ4v) is 4.73.